The summed E-state index contributed by atoms with van der Waals surface area (Å²) in [4.78, 5) is 0. The van der Waals surface area contributed by atoms with E-state index in [4.69, 9.17) is 0 Å². The number of rotatable bonds is 4. The maximum absolute atomic E-state index is 3.46. The topological polar surface area (TPSA) is 0 Å². The van der Waals surface area contributed by atoms with Crippen molar-refractivity contribution in [3.63, 3.8) is 0 Å². The van der Waals surface area contributed by atoms with Crippen molar-refractivity contribution in [3.05, 3.63) is 41.0 Å². The molecule has 0 saturated heterocycles. The van der Waals surface area contributed by atoms with Gasteiger partial charge in [-0.1, -0.05) is 72.6 Å². The zero-order valence-electron chi connectivity index (χ0n) is 10.7. The molecule has 1 heteroatoms. The average Bonchev–Trinajstić information content (AvgIpc) is 2.29. The SMILES string of the molecule is CCC(C)(C)c1ccc(/C=C(\C)CBr)cc1. The van der Waals surface area contributed by atoms with E-state index in [1.807, 2.05) is 0 Å². The molecule has 0 aliphatic rings. The highest BCUT2D eigenvalue weighted by atomic mass is 79.9. The minimum atomic E-state index is 0.284. The number of hydrogen-bond donors (Lipinski definition) is 0. The molecule has 0 fully saturated rings. The highest BCUT2D eigenvalue weighted by Crippen LogP contribution is 2.26. The van der Waals surface area contributed by atoms with Crippen molar-refractivity contribution >= 4 is 22.0 Å². The Morgan fingerprint density at radius 3 is 2.25 bits per heavy atom. The summed E-state index contributed by atoms with van der Waals surface area (Å²) in [6.45, 7) is 8.96. The highest BCUT2D eigenvalue weighted by molar-refractivity contribution is 9.09. The van der Waals surface area contributed by atoms with Gasteiger partial charge in [0.2, 0.25) is 0 Å². The molecule has 16 heavy (non-hydrogen) atoms. The Balaban J connectivity index is 2.92. The van der Waals surface area contributed by atoms with E-state index in [1.54, 1.807) is 0 Å². The van der Waals surface area contributed by atoms with E-state index >= 15 is 0 Å². The number of halogens is 1. The van der Waals surface area contributed by atoms with Gasteiger partial charge in [0.1, 0.15) is 0 Å². The van der Waals surface area contributed by atoms with Gasteiger partial charge in [-0.15, -0.1) is 0 Å². The van der Waals surface area contributed by atoms with E-state index in [0.717, 1.165) is 5.33 Å². The normalized spacial score (nSPS) is 12.9. The first-order valence-corrected chi connectivity index (χ1v) is 6.95. The molecule has 0 N–H and O–H groups in total. The van der Waals surface area contributed by atoms with Gasteiger partial charge in [-0.05, 0) is 29.9 Å². The van der Waals surface area contributed by atoms with Crippen LogP contribution in [0.3, 0.4) is 0 Å². The zero-order valence-corrected chi connectivity index (χ0v) is 12.3. The number of hydrogen-bond acceptors (Lipinski definition) is 0. The Hall–Kier alpha value is -0.560. The number of allylic oxidation sites excluding steroid dienone is 1. The van der Waals surface area contributed by atoms with Crippen LogP contribution in [0.4, 0.5) is 0 Å². The third-order valence-electron chi connectivity index (χ3n) is 3.20. The first kappa shape index (κ1) is 13.5. The maximum Gasteiger partial charge on any atom is 0.0242 e. The van der Waals surface area contributed by atoms with E-state index < -0.39 is 0 Å². The zero-order chi connectivity index (χ0) is 12.2. The number of alkyl halides is 1. The van der Waals surface area contributed by atoms with Crippen molar-refractivity contribution in [1.82, 2.24) is 0 Å². The van der Waals surface area contributed by atoms with Gasteiger partial charge in [0, 0.05) is 5.33 Å². The minimum absolute atomic E-state index is 0.284. The summed E-state index contributed by atoms with van der Waals surface area (Å²) in [5.74, 6) is 0. The Kier molecular flexibility index (Phi) is 4.79. The lowest BCUT2D eigenvalue weighted by Crippen LogP contribution is -2.14. The summed E-state index contributed by atoms with van der Waals surface area (Å²) in [6, 6.07) is 8.91. The lowest BCUT2D eigenvalue weighted by molar-refractivity contribution is 0.506. The monoisotopic (exact) mass is 280 g/mol. The Labute approximate surface area is 108 Å². The van der Waals surface area contributed by atoms with Crippen molar-refractivity contribution in [2.75, 3.05) is 5.33 Å². The Morgan fingerprint density at radius 1 is 1.25 bits per heavy atom. The first-order chi connectivity index (χ1) is 7.49. The number of benzene rings is 1. The second-order valence-corrected chi connectivity index (χ2v) is 5.54. The molecule has 0 atom stereocenters. The minimum Gasteiger partial charge on any atom is -0.0880 e. The Morgan fingerprint density at radius 2 is 1.81 bits per heavy atom. The van der Waals surface area contributed by atoms with Crippen molar-refractivity contribution in [2.24, 2.45) is 0 Å². The lowest BCUT2D eigenvalue weighted by atomic mass is 9.82. The van der Waals surface area contributed by atoms with Gasteiger partial charge >= 0.3 is 0 Å². The summed E-state index contributed by atoms with van der Waals surface area (Å²) in [5, 5.41) is 0.940. The smallest absolute Gasteiger partial charge is 0.0242 e. The third kappa shape index (κ3) is 3.48. The molecule has 0 aliphatic heterocycles. The van der Waals surface area contributed by atoms with Gasteiger partial charge in [-0.3, -0.25) is 0 Å². The standard InChI is InChI=1S/C15H21Br/c1-5-15(3,4)14-8-6-13(7-9-14)10-12(2)11-16/h6-10H,5,11H2,1-4H3/b12-10+. The molecular weight excluding hydrogens is 260 g/mol. The van der Waals surface area contributed by atoms with Gasteiger partial charge in [-0.25, -0.2) is 0 Å². The van der Waals surface area contributed by atoms with Gasteiger partial charge in [0.05, 0.1) is 0 Å². The van der Waals surface area contributed by atoms with E-state index in [1.165, 1.54) is 23.1 Å². The van der Waals surface area contributed by atoms with E-state index in [0.29, 0.717) is 0 Å². The Bertz CT molecular complexity index is 358. The lowest BCUT2D eigenvalue weighted by Gasteiger charge is -2.23. The van der Waals surface area contributed by atoms with Gasteiger partial charge < -0.3 is 0 Å². The molecule has 1 aromatic carbocycles. The van der Waals surface area contributed by atoms with Crippen LogP contribution in [0, 0.1) is 0 Å². The predicted molar refractivity (Wildman–Crippen MR) is 77.2 cm³/mol. The van der Waals surface area contributed by atoms with Crippen LogP contribution in [-0.2, 0) is 5.41 Å². The molecule has 0 radical (unpaired) electrons. The first-order valence-electron chi connectivity index (χ1n) is 5.83. The fourth-order valence-electron chi connectivity index (χ4n) is 1.56. The van der Waals surface area contributed by atoms with Crippen LogP contribution >= 0.6 is 15.9 Å². The van der Waals surface area contributed by atoms with Crippen LogP contribution in [0.2, 0.25) is 0 Å². The molecule has 0 heterocycles. The predicted octanol–water partition coefficient (Wildman–Crippen LogP) is 5.17. The third-order valence-corrected chi connectivity index (χ3v) is 4.08. The van der Waals surface area contributed by atoms with E-state index in [2.05, 4.69) is 74.0 Å². The molecule has 88 valence electrons. The second-order valence-electron chi connectivity index (χ2n) is 4.98. The second kappa shape index (κ2) is 5.67. The van der Waals surface area contributed by atoms with Crippen LogP contribution in [0.5, 0.6) is 0 Å². The van der Waals surface area contributed by atoms with Gasteiger partial charge in [0.15, 0.2) is 0 Å². The average molecular weight is 281 g/mol. The molecule has 0 saturated carbocycles. The molecule has 0 amide bonds. The quantitative estimate of drug-likeness (QED) is 0.668. The fraction of sp³-hybridized carbons (Fsp3) is 0.467. The molecule has 0 aliphatic carbocycles. The van der Waals surface area contributed by atoms with Crippen molar-refractivity contribution in [3.8, 4) is 0 Å². The van der Waals surface area contributed by atoms with Crippen LogP contribution in [-0.4, -0.2) is 5.33 Å². The largest absolute Gasteiger partial charge is 0.0880 e. The molecular formula is C15H21Br. The summed E-state index contributed by atoms with van der Waals surface area (Å²) in [5.41, 5.74) is 4.34. The molecule has 0 unspecified atom stereocenters. The van der Waals surface area contributed by atoms with Crippen LogP contribution in [0.1, 0.15) is 45.2 Å². The van der Waals surface area contributed by atoms with Gasteiger partial charge in [-0.2, -0.15) is 0 Å². The molecule has 0 aromatic heterocycles. The molecule has 0 bridgehead atoms. The summed E-state index contributed by atoms with van der Waals surface area (Å²) < 4.78 is 0. The summed E-state index contributed by atoms with van der Waals surface area (Å²) >= 11 is 3.46. The van der Waals surface area contributed by atoms with Crippen molar-refractivity contribution < 1.29 is 0 Å². The van der Waals surface area contributed by atoms with Crippen molar-refractivity contribution in [1.29, 1.82) is 0 Å². The van der Waals surface area contributed by atoms with E-state index in [9.17, 15) is 0 Å². The van der Waals surface area contributed by atoms with E-state index in [-0.39, 0.29) is 5.41 Å². The molecule has 1 rings (SSSR count). The molecule has 0 spiro atoms. The van der Waals surface area contributed by atoms with Crippen molar-refractivity contribution in [2.45, 2.75) is 39.5 Å². The summed E-state index contributed by atoms with van der Waals surface area (Å²) in [7, 11) is 0. The fourth-order valence-corrected chi connectivity index (χ4v) is 1.72. The highest BCUT2D eigenvalue weighted by Gasteiger charge is 2.17. The summed E-state index contributed by atoms with van der Waals surface area (Å²) in [6.07, 6.45) is 3.39. The molecule has 0 nitrogen and oxygen atoms in total. The van der Waals surface area contributed by atoms with Crippen LogP contribution < -0.4 is 0 Å². The van der Waals surface area contributed by atoms with Gasteiger partial charge in [0.25, 0.3) is 0 Å². The molecule has 1 aromatic rings. The van der Waals surface area contributed by atoms with Crippen LogP contribution in [0.15, 0.2) is 29.8 Å². The maximum atomic E-state index is 3.46. The van der Waals surface area contributed by atoms with Crippen LogP contribution in [0.25, 0.3) is 6.08 Å².